The first-order valence-corrected chi connectivity index (χ1v) is 9.71. The van der Waals surface area contributed by atoms with Gasteiger partial charge in [0, 0.05) is 44.3 Å². The molecule has 1 aromatic rings. The standard InChI is InChI=1S/C20H31FN4O2/c1-13(2)25-9-14(3)18(10-25)24-20(22-4)23-6-5-15-7-17(21)8-16-11-26-12-27-19(15)16/h7-8,13-14,18H,5-6,9-12H2,1-4H3,(H2,22,23,24). The zero-order valence-corrected chi connectivity index (χ0v) is 16.7. The maximum atomic E-state index is 13.9. The summed E-state index contributed by atoms with van der Waals surface area (Å²) in [6.07, 6.45) is 0.652. The third-order valence-electron chi connectivity index (χ3n) is 5.36. The smallest absolute Gasteiger partial charge is 0.191 e. The molecule has 2 heterocycles. The summed E-state index contributed by atoms with van der Waals surface area (Å²) >= 11 is 0. The van der Waals surface area contributed by atoms with E-state index in [2.05, 4.69) is 41.3 Å². The molecule has 3 rings (SSSR count). The Morgan fingerprint density at radius 1 is 1.37 bits per heavy atom. The van der Waals surface area contributed by atoms with Crippen LogP contribution in [0.15, 0.2) is 17.1 Å². The van der Waals surface area contributed by atoms with E-state index in [9.17, 15) is 4.39 Å². The second-order valence-electron chi connectivity index (χ2n) is 7.69. The van der Waals surface area contributed by atoms with Crippen LogP contribution < -0.4 is 15.4 Å². The number of rotatable bonds is 5. The predicted octanol–water partition coefficient (Wildman–Crippen LogP) is 2.13. The molecule has 0 amide bonds. The van der Waals surface area contributed by atoms with Crippen molar-refractivity contribution in [2.45, 2.75) is 45.9 Å². The number of hydrogen-bond donors (Lipinski definition) is 2. The molecule has 150 valence electrons. The molecule has 1 aromatic carbocycles. The summed E-state index contributed by atoms with van der Waals surface area (Å²) < 4.78 is 24.7. The fourth-order valence-electron chi connectivity index (χ4n) is 3.74. The van der Waals surface area contributed by atoms with Crippen molar-refractivity contribution in [3.8, 4) is 5.75 Å². The van der Waals surface area contributed by atoms with Gasteiger partial charge in [-0.15, -0.1) is 0 Å². The van der Waals surface area contributed by atoms with Crippen LogP contribution in [0.3, 0.4) is 0 Å². The van der Waals surface area contributed by atoms with Gasteiger partial charge in [-0.05, 0) is 43.9 Å². The maximum Gasteiger partial charge on any atom is 0.191 e. The summed E-state index contributed by atoms with van der Waals surface area (Å²) in [5, 5.41) is 6.88. The molecule has 0 aliphatic carbocycles. The SMILES string of the molecule is CN=C(NCCc1cc(F)cc2c1OCOC2)NC1CN(C(C)C)CC1C. The Hall–Kier alpha value is -1.86. The molecule has 0 spiro atoms. The number of fused-ring (bicyclic) bond motifs is 1. The van der Waals surface area contributed by atoms with E-state index in [1.54, 1.807) is 13.1 Å². The zero-order valence-electron chi connectivity index (χ0n) is 16.7. The Morgan fingerprint density at radius 3 is 2.89 bits per heavy atom. The monoisotopic (exact) mass is 378 g/mol. The molecule has 1 fully saturated rings. The van der Waals surface area contributed by atoms with Crippen molar-refractivity contribution in [1.82, 2.24) is 15.5 Å². The van der Waals surface area contributed by atoms with Crippen LogP contribution in [-0.2, 0) is 17.8 Å². The van der Waals surface area contributed by atoms with Gasteiger partial charge >= 0.3 is 0 Å². The first-order chi connectivity index (χ1) is 13.0. The largest absolute Gasteiger partial charge is 0.467 e. The van der Waals surface area contributed by atoms with E-state index in [-0.39, 0.29) is 12.6 Å². The average molecular weight is 378 g/mol. The number of hydrogen-bond acceptors (Lipinski definition) is 4. The van der Waals surface area contributed by atoms with Crippen LogP contribution in [0.4, 0.5) is 4.39 Å². The third kappa shape index (κ3) is 4.90. The van der Waals surface area contributed by atoms with Crippen LogP contribution in [0.5, 0.6) is 5.75 Å². The lowest BCUT2D eigenvalue weighted by atomic mass is 10.1. The van der Waals surface area contributed by atoms with Crippen LogP contribution >= 0.6 is 0 Å². The molecule has 0 saturated carbocycles. The van der Waals surface area contributed by atoms with E-state index in [0.29, 0.717) is 37.6 Å². The van der Waals surface area contributed by atoms with Gasteiger partial charge in [-0.25, -0.2) is 4.39 Å². The molecule has 0 bridgehead atoms. The number of nitrogens with zero attached hydrogens (tertiary/aromatic N) is 2. The van der Waals surface area contributed by atoms with Crippen LogP contribution in [0, 0.1) is 11.7 Å². The molecule has 2 N–H and O–H groups in total. The van der Waals surface area contributed by atoms with Crippen molar-refractivity contribution < 1.29 is 13.9 Å². The highest BCUT2D eigenvalue weighted by atomic mass is 19.1. The highest BCUT2D eigenvalue weighted by Crippen LogP contribution is 2.29. The van der Waals surface area contributed by atoms with Crippen molar-refractivity contribution in [2.75, 3.05) is 33.5 Å². The summed E-state index contributed by atoms with van der Waals surface area (Å²) in [5.41, 5.74) is 1.63. The summed E-state index contributed by atoms with van der Waals surface area (Å²) in [5.74, 6) is 1.85. The van der Waals surface area contributed by atoms with Crippen LogP contribution in [-0.4, -0.2) is 56.4 Å². The van der Waals surface area contributed by atoms with Gasteiger partial charge < -0.3 is 20.1 Å². The molecule has 2 aliphatic heterocycles. The second kappa shape index (κ2) is 8.89. The number of aliphatic imine (C=N–C) groups is 1. The first kappa shape index (κ1) is 19.9. The molecule has 7 heteroatoms. The first-order valence-electron chi connectivity index (χ1n) is 9.71. The van der Waals surface area contributed by atoms with Gasteiger partial charge in [0.25, 0.3) is 0 Å². The second-order valence-corrected chi connectivity index (χ2v) is 7.69. The molecule has 0 aromatic heterocycles. The van der Waals surface area contributed by atoms with E-state index in [4.69, 9.17) is 9.47 Å². The topological polar surface area (TPSA) is 58.1 Å². The van der Waals surface area contributed by atoms with Crippen molar-refractivity contribution in [2.24, 2.45) is 10.9 Å². The lowest BCUT2D eigenvalue weighted by molar-refractivity contribution is -0.0172. The molecule has 1 saturated heterocycles. The van der Waals surface area contributed by atoms with E-state index < -0.39 is 0 Å². The van der Waals surface area contributed by atoms with Gasteiger partial charge in [0.05, 0.1) is 6.61 Å². The Balaban J connectivity index is 1.54. The number of guanidine groups is 1. The van der Waals surface area contributed by atoms with Gasteiger partial charge in [0.1, 0.15) is 11.6 Å². The zero-order chi connectivity index (χ0) is 19.4. The van der Waals surface area contributed by atoms with E-state index in [1.165, 1.54) is 6.07 Å². The van der Waals surface area contributed by atoms with Gasteiger partial charge in [0.15, 0.2) is 12.8 Å². The summed E-state index contributed by atoms with van der Waals surface area (Å²) in [6.45, 7) is 10.1. The van der Waals surface area contributed by atoms with Gasteiger partial charge in [-0.1, -0.05) is 6.92 Å². The minimum absolute atomic E-state index is 0.216. The number of nitrogens with one attached hydrogen (secondary N) is 2. The lowest BCUT2D eigenvalue weighted by Crippen LogP contribution is -2.47. The van der Waals surface area contributed by atoms with Crippen molar-refractivity contribution >= 4 is 5.96 Å². The number of benzene rings is 1. The summed E-state index contributed by atoms with van der Waals surface area (Å²) in [6, 6.07) is 3.95. The molecule has 0 radical (unpaired) electrons. The highest BCUT2D eigenvalue weighted by molar-refractivity contribution is 5.80. The number of likely N-dealkylation sites (tertiary alicyclic amines) is 1. The molecule has 2 atom stereocenters. The van der Waals surface area contributed by atoms with E-state index in [0.717, 1.165) is 35.9 Å². The molecular formula is C20H31FN4O2. The predicted molar refractivity (Wildman–Crippen MR) is 105 cm³/mol. The molecule has 2 unspecified atom stereocenters. The van der Waals surface area contributed by atoms with Crippen LogP contribution in [0.2, 0.25) is 0 Å². The van der Waals surface area contributed by atoms with Crippen molar-refractivity contribution in [1.29, 1.82) is 0 Å². The van der Waals surface area contributed by atoms with Gasteiger partial charge in [-0.2, -0.15) is 0 Å². The molecular weight excluding hydrogens is 347 g/mol. The summed E-state index contributed by atoms with van der Waals surface area (Å²) in [4.78, 5) is 6.82. The average Bonchev–Trinajstić information content (AvgIpc) is 3.01. The summed E-state index contributed by atoms with van der Waals surface area (Å²) in [7, 11) is 1.78. The van der Waals surface area contributed by atoms with Crippen LogP contribution in [0.25, 0.3) is 0 Å². The van der Waals surface area contributed by atoms with Gasteiger partial charge in [0.2, 0.25) is 0 Å². The highest BCUT2D eigenvalue weighted by Gasteiger charge is 2.31. The fraction of sp³-hybridized carbons (Fsp3) is 0.650. The number of halogens is 1. The van der Waals surface area contributed by atoms with Crippen molar-refractivity contribution in [3.63, 3.8) is 0 Å². The Labute approximate surface area is 161 Å². The lowest BCUT2D eigenvalue weighted by Gasteiger charge is -2.23. The normalized spacial score (nSPS) is 23.3. The quantitative estimate of drug-likeness (QED) is 0.607. The fourth-order valence-corrected chi connectivity index (χ4v) is 3.74. The van der Waals surface area contributed by atoms with Crippen LogP contribution in [0.1, 0.15) is 31.9 Å². The minimum atomic E-state index is -0.256. The third-order valence-corrected chi connectivity index (χ3v) is 5.36. The number of ether oxygens (including phenoxy) is 2. The molecule has 6 nitrogen and oxygen atoms in total. The minimum Gasteiger partial charge on any atom is -0.467 e. The van der Waals surface area contributed by atoms with E-state index in [1.807, 2.05) is 0 Å². The van der Waals surface area contributed by atoms with E-state index >= 15 is 0 Å². The Kier molecular flexibility index (Phi) is 6.55. The van der Waals surface area contributed by atoms with Gasteiger partial charge in [-0.3, -0.25) is 9.89 Å². The molecule has 2 aliphatic rings. The maximum absolute atomic E-state index is 13.9. The van der Waals surface area contributed by atoms with Crippen molar-refractivity contribution in [3.05, 3.63) is 29.1 Å². The molecule has 27 heavy (non-hydrogen) atoms. The Morgan fingerprint density at radius 2 is 2.19 bits per heavy atom. The Bertz CT molecular complexity index is 680.